The van der Waals surface area contributed by atoms with E-state index in [4.69, 9.17) is 53.1 Å². The van der Waals surface area contributed by atoms with Crippen molar-refractivity contribution < 1.29 is 101 Å². The first-order valence-electron chi connectivity index (χ1n) is 31.4. The number of carbonyl (C=O) groups excluding carboxylic acids is 6. The van der Waals surface area contributed by atoms with Crippen LogP contribution in [0.1, 0.15) is 121 Å². The van der Waals surface area contributed by atoms with Gasteiger partial charge in [-0.25, -0.2) is 4.98 Å². The number of likely N-dealkylation sites (N-methyl/N-ethyl adjacent to an activating group) is 1. The number of rotatable bonds is 49. The van der Waals surface area contributed by atoms with Crippen molar-refractivity contribution in [1.82, 2.24) is 15.2 Å². The molecule has 1 aliphatic heterocycles. The molecule has 0 spiro atoms. The van der Waals surface area contributed by atoms with Crippen molar-refractivity contribution >= 4 is 77.9 Å². The number of carbonyl (C=O) groups is 7. The number of nitrogens with one attached hydrogen (secondary N) is 1. The summed E-state index contributed by atoms with van der Waals surface area (Å²) < 4.78 is 57.3. The number of aliphatic hydroxyl groups excluding tert-OH is 3. The van der Waals surface area contributed by atoms with Crippen LogP contribution in [0.3, 0.4) is 0 Å². The number of hydrogen-bond donors (Lipinski definition) is 6. The number of unbranched alkanes of at least 4 members (excludes halogenated alkanes) is 1. The molecule has 10 atom stereocenters. The Hall–Kier alpha value is -4.13. The van der Waals surface area contributed by atoms with Gasteiger partial charge in [0, 0.05) is 42.6 Å². The summed E-state index contributed by atoms with van der Waals surface area (Å²) in [6, 6.07) is 4.46. The van der Waals surface area contributed by atoms with Crippen molar-refractivity contribution in [2.24, 2.45) is 27.4 Å². The lowest BCUT2D eigenvalue weighted by molar-refractivity contribution is -0.272. The Kier molecular flexibility index (Phi) is 37.8. The van der Waals surface area contributed by atoms with Gasteiger partial charge in [0.1, 0.15) is 70.4 Å². The highest BCUT2D eigenvalue weighted by molar-refractivity contribution is 8.76. The number of pyridine rings is 1. The molecule has 0 aliphatic carbocycles. The molecule has 0 aromatic carbocycles. The van der Waals surface area contributed by atoms with Gasteiger partial charge in [-0.05, 0) is 103 Å². The Morgan fingerprint density at radius 3 is 1.83 bits per heavy atom. The smallest absolute Gasteiger partial charge is 0.311 e. The molecule has 7 N–H and O–H groups in total. The van der Waals surface area contributed by atoms with Gasteiger partial charge in [0.25, 0.3) is 0 Å². The largest absolute Gasteiger partial charge is 0.481 e. The van der Waals surface area contributed by atoms with Crippen molar-refractivity contribution in [3.05, 3.63) is 24.4 Å². The summed E-state index contributed by atoms with van der Waals surface area (Å²) in [5, 5.41) is 42.5. The Morgan fingerprint density at radius 1 is 0.689 bits per heavy atom. The SMILES string of the molecule is CCCCOC(=O)C(C)(CC(C)(CBC(C)(CBC(C)(CC)C(=O)OCCOCCOCCO[C@@H]1O[C@H](CO)[C@H](O)[C@H](O)[C@H]1NC(C)=O)C(=O)OCCOCCN)C(=O)OCCN(C)C)CC(CCC)(CC(C)(C)C(=O)OCCSSc1ccccn1)C(=O)O. The molecule has 29 heteroatoms. The number of nitrogens with zero attached hydrogens (tertiary/aromatic N) is 2. The third kappa shape index (κ3) is 27.8. The van der Waals surface area contributed by atoms with Gasteiger partial charge in [0.2, 0.25) is 5.91 Å². The average Bonchev–Trinajstić information content (AvgIpc) is 0.793. The van der Waals surface area contributed by atoms with Crippen molar-refractivity contribution in [3.8, 4) is 0 Å². The maximum absolute atomic E-state index is 14.9. The summed E-state index contributed by atoms with van der Waals surface area (Å²) in [7, 11) is 6.64. The van der Waals surface area contributed by atoms with Crippen LogP contribution >= 0.6 is 21.6 Å². The summed E-state index contributed by atoms with van der Waals surface area (Å²) in [4.78, 5) is 104. The second-order valence-corrected chi connectivity index (χ2v) is 27.6. The predicted octanol–water partition coefficient (Wildman–Crippen LogP) is 4.43. The van der Waals surface area contributed by atoms with E-state index in [1.807, 2.05) is 58.0 Å². The zero-order valence-corrected chi connectivity index (χ0v) is 57.1. The molecule has 514 valence electrons. The quantitative estimate of drug-likeness (QED) is 0.0173. The molecule has 1 saturated heterocycles. The van der Waals surface area contributed by atoms with Gasteiger partial charge < -0.3 is 83.7 Å². The van der Waals surface area contributed by atoms with Gasteiger partial charge in [-0.3, -0.25) is 33.6 Å². The lowest BCUT2D eigenvalue weighted by atomic mass is 9.36. The van der Waals surface area contributed by atoms with E-state index in [0.717, 1.165) is 5.03 Å². The molecular formula is C61H106B2N4O21S2. The van der Waals surface area contributed by atoms with Crippen LogP contribution in [0.25, 0.3) is 0 Å². The highest BCUT2D eigenvalue weighted by atomic mass is 33.1. The van der Waals surface area contributed by atoms with Crippen molar-refractivity contribution in [1.29, 1.82) is 0 Å². The Morgan fingerprint density at radius 2 is 1.27 bits per heavy atom. The summed E-state index contributed by atoms with van der Waals surface area (Å²) in [6.07, 6.45) is -2.38. The second kappa shape index (κ2) is 41.5. The molecule has 0 radical (unpaired) electrons. The Bertz CT molecular complexity index is 2320. The summed E-state index contributed by atoms with van der Waals surface area (Å²) in [5.41, 5.74) is -0.717. The zero-order chi connectivity index (χ0) is 67.6. The zero-order valence-electron chi connectivity index (χ0n) is 55.5. The van der Waals surface area contributed by atoms with E-state index in [1.54, 1.807) is 47.7 Å². The molecule has 1 aromatic heterocycles. The fraction of sp³-hybridized carbons (Fsp3) is 0.803. The number of nitrogens with two attached hydrogens (primary N) is 1. The van der Waals surface area contributed by atoms with Crippen LogP contribution in [-0.2, 0) is 80.9 Å². The van der Waals surface area contributed by atoms with E-state index >= 15 is 0 Å². The van der Waals surface area contributed by atoms with Crippen LogP contribution in [0.5, 0.6) is 0 Å². The summed E-state index contributed by atoms with van der Waals surface area (Å²) in [5.74, 6) is -4.46. The number of esters is 5. The molecule has 0 saturated carbocycles. The normalized spacial score (nSPS) is 20.2. The molecule has 1 amide bonds. The molecule has 5 unspecified atom stereocenters. The number of aromatic nitrogens is 1. The van der Waals surface area contributed by atoms with Gasteiger partial charge in [-0.2, -0.15) is 0 Å². The van der Waals surface area contributed by atoms with Crippen molar-refractivity contribution in [2.75, 3.05) is 119 Å². The average molecular weight is 1320 g/mol. The molecule has 25 nitrogen and oxygen atoms in total. The van der Waals surface area contributed by atoms with Crippen LogP contribution in [0.15, 0.2) is 29.4 Å². The Labute approximate surface area is 542 Å². The van der Waals surface area contributed by atoms with Gasteiger partial charge in [0.05, 0.1) is 81.1 Å². The molecule has 1 aromatic rings. The lowest BCUT2D eigenvalue weighted by Crippen LogP contribution is -2.64. The third-order valence-corrected chi connectivity index (χ3v) is 18.5. The predicted molar refractivity (Wildman–Crippen MR) is 343 cm³/mol. The minimum absolute atomic E-state index is 0.0213. The van der Waals surface area contributed by atoms with Crippen LogP contribution in [0.4, 0.5) is 0 Å². The number of ether oxygens (including phenoxy) is 10. The topological polar surface area (TPSA) is 347 Å². The van der Waals surface area contributed by atoms with Gasteiger partial charge in [-0.1, -0.05) is 77.0 Å². The highest BCUT2D eigenvalue weighted by Gasteiger charge is 2.56. The van der Waals surface area contributed by atoms with Crippen LogP contribution in [0.2, 0.25) is 23.3 Å². The highest BCUT2D eigenvalue weighted by Crippen LogP contribution is 2.52. The number of amides is 1. The van der Waals surface area contributed by atoms with Crippen LogP contribution < -0.4 is 11.1 Å². The summed E-state index contributed by atoms with van der Waals surface area (Å²) in [6.45, 7) is 17.2. The number of aliphatic hydroxyl groups is 3. The molecular weight excluding hydrogens is 1210 g/mol. The minimum Gasteiger partial charge on any atom is -0.481 e. The van der Waals surface area contributed by atoms with Crippen molar-refractivity contribution in [3.63, 3.8) is 0 Å². The first kappa shape index (κ1) is 82.0. The summed E-state index contributed by atoms with van der Waals surface area (Å²) >= 11 is 0. The van der Waals surface area contributed by atoms with Gasteiger partial charge in [0.15, 0.2) is 6.29 Å². The molecule has 2 heterocycles. The third-order valence-electron chi connectivity index (χ3n) is 16.2. The minimum atomic E-state index is -1.71. The lowest BCUT2D eigenvalue weighted by Gasteiger charge is -2.44. The second-order valence-electron chi connectivity index (χ2n) is 25.2. The van der Waals surface area contributed by atoms with E-state index < -0.39 is 111 Å². The van der Waals surface area contributed by atoms with Crippen LogP contribution in [0, 0.1) is 21.7 Å². The van der Waals surface area contributed by atoms with E-state index in [-0.39, 0.29) is 139 Å². The fourth-order valence-electron chi connectivity index (χ4n) is 10.7. The number of aliphatic carboxylic acids is 1. The van der Waals surface area contributed by atoms with E-state index in [1.165, 1.54) is 28.5 Å². The first-order valence-corrected chi connectivity index (χ1v) is 33.7. The maximum atomic E-state index is 14.9. The molecule has 0 bridgehead atoms. The monoisotopic (exact) mass is 1320 g/mol. The van der Waals surface area contributed by atoms with E-state index in [9.17, 15) is 54.0 Å². The maximum Gasteiger partial charge on any atom is 0.311 e. The molecule has 1 aliphatic rings. The van der Waals surface area contributed by atoms with Crippen LogP contribution in [-0.4, -0.2) is 236 Å². The first-order chi connectivity index (χ1) is 42.5. The van der Waals surface area contributed by atoms with E-state index in [2.05, 4.69) is 10.3 Å². The van der Waals surface area contributed by atoms with Gasteiger partial charge >= 0.3 is 35.8 Å². The number of carboxylic acids is 1. The van der Waals surface area contributed by atoms with Crippen molar-refractivity contribution in [2.45, 2.75) is 180 Å². The number of carboxylic acid groups (broad SMARTS) is 1. The van der Waals surface area contributed by atoms with Gasteiger partial charge in [-0.15, -0.1) is 0 Å². The number of hydrogen-bond acceptors (Lipinski definition) is 25. The standard InChI is InChI=1S/C61H106B2N4O21S2/c1-13-16-24-83-52(75)57(7,40-61(20-14-2,50(72)73)38-56(5,6)51(74)87-35-36-89-90-45-19-17-18-22-65-45)39-58(8,53(76)84-26-23-67(11)12)41-62-60(10,55(78)86-33-30-79-25-21-64)42-63-59(9,15-3)54(77)85-34-31-81-28-27-80-29-32-82-49-46(66-43(4)69)48(71)47(70)44(37-68)88-49/h17-19,22,44,46-49,62-63,68,70-71H,13-16,20-21,23-42,64H2,1-12H3,(H,66,69)(H,72,73)/t44-,46-,47+,48-,49-,57?,58?,59?,60?,61?/m1/s1. The molecule has 2 rings (SSSR count). The molecule has 90 heavy (non-hydrogen) atoms. The Balaban J connectivity index is 2.41. The van der Waals surface area contributed by atoms with E-state index in [0.29, 0.717) is 38.0 Å². The fourth-order valence-corrected chi connectivity index (χ4v) is 12.5. The molecule has 1 fully saturated rings.